The Morgan fingerprint density at radius 1 is 1.00 bits per heavy atom. The lowest BCUT2D eigenvalue weighted by Gasteiger charge is -2.39. The van der Waals surface area contributed by atoms with Crippen molar-refractivity contribution in [1.29, 1.82) is 0 Å². The first-order valence-electron chi connectivity index (χ1n) is 4.12. The molecule has 6 heteroatoms. The fourth-order valence-electron chi connectivity index (χ4n) is 1.37. The van der Waals surface area contributed by atoms with E-state index in [1.165, 1.54) is 0 Å². The van der Waals surface area contributed by atoms with E-state index in [4.69, 9.17) is 17.7 Å². The molecule has 0 spiro atoms. The topological polar surface area (TPSA) is 90.2 Å². The summed E-state index contributed by atoms with van der Waals surface area (Å²) in [6.07, 6.45) is -5.39. The van der Waals surface area contributed by atoms with Crippen LogP contribution in [0.3, 0.4) is 0 Å². The van der Waals surface area contributed by atoms with Crippen LogP contribution in [0.25, 0.3) is 0 Å². The van der Waals surface area contributed by atoms with E-state index in [-0.39, 0.29) is 6.32 Å². The van der Waals surface area contributed by atoms with Crippen molar-refractivity contribution >= 4 is 7.85 Å². The smallest absolute Gasteiger partial charge is 0.111 e. The second-order valence-corrected chi connectivity index (χ2v) is 3.10. The van der Waals surface area contributed by atoms with Crippen LogP contribution < -0.4 is 0 Å². The van der Waals surface area contributed by atoms with Crippen LogP contribution in [-0.4, -0.2) is 65.4 Å². The molecule has 1 saturated heterocycles. The maximum absolute atomic E-state index is 9.32. The standard InChI is InChI=1S/C7H13BO5/c8-1-3-5(10)7(12)6(11)4(2-9)13-3/h3-7,9-12H,1-2H2/t3-,4?,5?,6+,7?/m1/s1. The Labute approximate surface area is 77.4 Å². The van der Waals surface area contributed by atoms with E-state index in [2.05, 4.69) is 0 Å². The highest BCUT2D eigenvalue weighted by Gasteiger charge is 2.42. The van der Waals surface area contributed by atoms with Crippen molar-refractivity contribution in [2.24, 2.45) is 0 Å². The molecule has 3 unspecified atom stereocenters. The third kappa shape index (κ3) is 2.03. The molecule has 0 aromatic carbocycles. The van der Waals surface area contributed by atoms with Gasteiger partial charge in [-0.15, -0.1) is 0 Å². The second-order valence-electron chi connectivity index (χ2n) is 3.10. The van der Waals surface area contributed by atoms with Gasteiger partial charge in [0.15, 0.2) is 0 Å². The largest absolute Gasteiger partial charge is 0.394 e. The molecule has 0 aliphatic carbocycles. The van der Waals surface area contributed by atoms with Crippen molar-refractivity contribution in [3.63, 3.8) is 0 Å². The van der Waals surface area contributed by atoms with Gasteiger partial charge in [-0.05, 0) is 0 Å². The molecule has 4 N–H and O–H groups in total. The van der Waals surface area contributed by atoms with E-state index in [1.807, 2.05) is 0 Å². The number of aliphatic hydroxyl groups is 4. The summed E-state index contributed by atoms with van der Waals surface area (Å²) in [5, 5.41) is 36.7. The van der Waals surface area contributed by atoms with Crippen molar-refractivity contribution < 1.29 is 25.2 Å². The molecule has 5 nitrogen and oxygen atoms in total. The number of hydrogen-bond acceptors (Lipinski definition) is 5. The zero-order chi connectivity index (χ0) is 10.0. The van der Waals surface area contributed by atoms with Gasteiger partial charge >= 0.3 is 0 Å². The molecular weight excluding hydrogens is 175 g/mol. The molecule has 5 atom stereocenters. The predicted octanol–water partition coefficient (Wildman–Crippen LogP) is -2.58. The van der Waals surface area contributed by atoms with Crippen molar-refractivity contribution in [2.75, 3.05) is 6.61 Å². The highest BCUT2D eigenvalue weighted by molar-refractivity contribution is 6.08. The Balaban J connectivity index is 2.66. The van der Waals surface area contributed by atoms with E-state index in [0.717, 1.165) is 0 Å². The molecule has 0 saturated carbocycles. The number of ether oxygens (including phenoxy) is 1. The maximum atomic E-state index is 9.32. The lowest BCUT2D eigenvalue weighted by molar-refractivity contribution is -0.224. The minimum Gasteiger partial charge on any atom is -0.394 e. The Hall–Kier alpha value is -0.135. The van der Waals surface area contributed by atoms with Gasteiger partial charge in [0.2, 0.25) is 0 Å². The monoisotopic (exact) mass is 188 g/mol. The van der Waals surface area contributed by atoms with Gasteiger partial charge < -0.3 is 25.2 Å². The Kier molecular flexibility index (Phi) is 3.69. The summed E-state index contributed by atoms with van der Waals surface area (Å²) in [6, 6.07) is 0. The van der Waals surface area contributed by atoms with Gasteiger partial charge in [0, 0.05) is 0 Å². The van der Waals surface area contributed by atoms with Crippen molar-refractivity contribution in [1.82, 2.24) is 0 Å². The van der Waals surface area contributed by atoms with Crippen LogP contribution in [-0.2, 0) is 4.74 Å². The fraction of sp³-hybridized carbons (Fsp3) is 1.00. The maximum Gasteiger partial charge on any atom is 0.111 e. The molecule has 2 radical (unpaired) electrons. The van der Waals surface area contributed by atoms with Crippen LogP contribution >= 0.6 is 0 Å². The normalized spacial score (nSPS) is 46.3. The zero-order valence-corrected chi connectivity index (χ0v) is 7.08. The molecule has 1 fully saturated rings. The van der Waals surface area contributed by atoms with E-state index in [1.54, 1.807) is 0 Å². The molecule has 0 amide bonds. The van der Waals surface area contributed by atoms with Crippen molar-refractivity contribution in [3.05, 3.63) is 0 Å². The molecule has 0 aromatic heterocycles. The first-order valence-corrected chi connectivity index (χ1v) is 4.12. The summed E-state index contributed by atoms with van der Waals surface area (Å²) in [4.78, 5) is 0. The first-order chi connectivity index (χ1) is 6.11. The predicted molar refractivity (Wildman–Crippen MR) is 44.3 cm³/mol. The number of rotatable bonds is 2. The van der Waals surface area contributed by atoms with Crippen LogP contribution in [0, 0.1) is 0 Å². The van der Waals surface area contributed by atoms with Gasteiger partial charge in [-0.2, -0.15) is 0 Å². The van der Waals surface area contributed by atoms with Gasteiger partial charge in [-0.3, -0.25) is 0 Å². The summed E-state index contributed by atoms with van der Waals surface area (Å²) >= 11 is 0. The van der Waals surface area contributed by atoms with Crippen molar-refractivity contribution in [2.45, 2.75) is 36.8 Å². The quantitative estimate of drug-likeness (QED) is 0.357. The first kappa shape index (κ1) is 10.9. The molecule has 0 bridgehead atoms. The van der Waals surface area contributed by atoms with Crippen LogP contribution in [0.2, 0.25) is 6.32 Å². The Morgan fingerprint density at radius 2 is 1.54 bits per heavy atom. The molecule has 0 aromatic rings. The van der Waals surface area contributed by atoms with Gasteiger partial charge in [-0.1, -0.05) is 6.32 Å². The minimum absolute atomic E-state index is 0.0292. The molecule has 1 rings (SSSR count). The zero-order valence-electron chi connectivity index (χ0n) is 7.08. The molecule has 1 heterocycles. The number of hydrogen-bond donors (Lipinski definition) is 4. The average Bonchev–Trinajstić information content (AvgIpc) is 2.15. The highest BCUT2D eigenvalue weighted by Crippen LogP contribution is 2.22. The van der Waals surface area contributed by atoms with E-state index < -0.39 is 37.1 Å². The van der Waals surface area contributed by atoms with Crippen LogP contribution in [0.1, 0.15) is 0 Å². The third-order valence-corrected chi connectivity index (χ3v) is 2.22. The summed E-state index contributed by atoms with van der Waals surface area (Å²) in [5.41, 5.74) is 0. The van der Waals surface area contributed by atoms with Gasteiger partial charge in [-0.25, -0.2) is 0 Å². The summed E-state index contributed by atoms with van der Waals surface area (Å²) in [6.45, 7) is -0.415. The molecule has 1 aliphatic rings. The van der Waals surface area contributed by atoms with E-state index in [9.17, 15) is 15.3 Å². The second kappa shape index (κ2) is 4.39. The number of aliphatic hydroxyl groups excluding tert-OH is 4. The minimum atomic E-state index is -1.32. The Morgan fingerprint density at radius 3 is 2.00 bits per heavy atom. The molecular formula is C7H13BO5. The summed E-state index contributed by atoms with van der Waals surface area (Å²) < 4.78 is 5.04. The summed E-state index contributed by atoms with van der Waals surface area (Å²) in [7, 11) is 5.26. The van der Waals surface area contributed by atoms with Gasteiger partial charge in [0.05, 0.1) is 20.6 Å². The van der Waals surface area contributed by atoms with Crippen LogP contribution in [0.4, 0.5) is 0 Å². The summed E-state index contributed by atoms with van der Waals surface area (Å²) in [5.74, 6) is 0. The van der Waals surface area contributed by atoms with Gasteiger partial charge in [0.25, 0.3) is 0 Å². The lowest BCUT2D eigenvalue weighted by Crippen LogP contribution is -2.58. The SMILES string of the molecule is [B]C[C@H]1OC(CO)[C@H](O)C(O)C1O. The van der Waals surface area contributed by atoms with Gasteiger partial charge in [0.1, 0.15) is 24.4 Å². The lowest BCUT2D eigenvalue weighted by atomic mass is 9.87. The Bertz CT molecular complexity index is 147. The fourth-order valence-corrected chi connectivity index (χ4v) is 1.37. The van der Waals surface area contributed by atoms with E-state index >= 15 is 0 Å². The average molecular weight is 188 g/mol. The molecule has 13 heavy (non-hydrogen) atoms. The van der Waals surface area contributed by atoms with Crippen molar-refractivity contribution in [3.8, 4) is 0 Å². The van der Waals surface area contributed by atoms with Crippen LogP contribution in [0.15, 0.2) is 0 Å². The van der Waals surface area contributed by atoms with Crippen LogP contribution in [0.5, 0.6) is 0 Å². The molecule has 74 valence electrons. The molecule has 1 aliphatic heterocycles. The highest BCUT2D eigenvalue weighted by atomic mass is 16.5. The third-order valence-electron chi connectivity index (χ3n) is 2.22. The van der Waals surface area contributed by atoms with E-state index in [0.29, 0.717) is 0 Å².